The van der Waals surface area contributed by atoms with E-state index < -0.39 is 5.41 Å². The van der Waals surface area contributed by atoms with Crippen LogP contribution in [0.2, 0.25) is 0 Å². The fourth-order valence-corrected chi connectivity index (χ4v) is 6.61. The largest absolute Gasteiger partial charge is 0.405 e. The molecule has 1 unspecified atom stereocenters. The first kappa shape index (κ1) is 31.2. The summed E-state index contributed by atoms with van der Waals surface area (Å²) in [5.74, 6) is 0. The van der Waals surface area contributed by atoms with Gasteiger partial charge in [0.05, 0.1) is 23.4 Å². The maximum Gasteiger partial charge on any atom is 0.0716 e. The lowest BCUT2D eigenvalue weighted by molar-refractivity contribution is 0.748. The maximum atomic E-state index is 6.10. The number of fused-ring (bicyclic) bond motifs is 3. The number of hydrogen-bond acceptors (Lipinski definition) is 3. The Morgan fingerprint density at radius 1 is 0.933 bits per heavy atom. The number of aliphatic imine (C=N–C) groups is 2. The lowest BCUT2D eigenvalue weighted by atomic mass is 9.65. The van der Waals surface area contributed by atoms with Crippen LogP contribution in [-0.2, 0) is 12.0 Å². The minimum absolute atomic E-state index is 0.518. The Morgan fingerprint density at radius 3 is 2.40 bits per heavy atom. The molecule has 1 atom stereocenters. The quantitative estimate of drug-likeness (QED) is 0.176. The molecule has 0 aliphatic heterocycles. The predicted molar refractivity (Wildman–Crippen MR) is 194 cm³/mol. The average molecular weight is 588 g/mol. The van der Waals surface area contributed by atoms with Crippen molar-refractivity contribution < 1.29 is 0 Å². The van der Waals surface area contributed by atoms with Crippen LogP contribution < -0.4 is 5.73 Å². The number of benzene rings is 3. The highest BCUT2D eigenvalue weighted by Crippen LogP contribution is 2.58. The van der Waals surface area contributed by atoms with Gasteiger partial charge >= 0.3 is 0 Å². The van der Waals surface area contributed by atoms with Crippen molar-refractivity contribution in [1.29, 1.82) is 0 Å². The van der Waals surface area contributed by atoms with E-state index in [2.05, 4.69) is 116 Å². The van der Waals surface area contributed by atoms with Crippen molar-refractivity contribution >= 4 is 12.4 Å². The van der Waals surface area contributed by atoms with Gasteiger partial charge in [0.2, 0.25) is 0 Å². The summed E-state index contributed by atoms with van der Waals surface area (Å²) in [5, 5.41) is 0. The summed E-state index contributed by atoms with van der Waals surface area (Å²) in [4.78, 5) is 9.73. The van der Waals surface area contributed by atoms with Crippen LogP contribution in [0.15, 0.2) is 179 Å². The normalized spacial score (nSPS) is 18.7. The van der Waals surface area contributed by atoms with E-state index in [1.54, 1.807) is 12.3 Å². The molecule has 0 fully saturated rings. The number of allylic oxidation sites excluding steroid dienone is 12. The monoisotopic (exact) mass is 587 g/mol. The second-order valence-corrected chi connectivity index (χ2v) is 11.0. The molecule has 0 radical (unpaired) electrons. The SMILES string of the molecule is C=C/C=C(\C=C/C)C(=C/C(=NCc1ccccc1)c1cccc2c1-c1ccccc1C2(C1=CCCC=C1)C(/C=C\N)=C/C)/N=C. The van der Waals surface area contributed by atoms with Gasteiger partial charge in [0.1, 0.15) is 0 Å². The van der Waals surface area contributed by atoms with E-state index in [1.165, 1.54) is 27.8 Å². The third-order valence-electron chi connectivity index (χ3n) is 8.45. The number of hydrogen-bond donors (Lipinski definition) is 1. The zero-order valence-corrected chi connectivity index (χ0v) is 26.3. The molecule has 2 N–H and O–H groups in total. The molecule has 2 aliphatic carbocycles. The summed E-state index contributed by atoms with van der Waals surface area (Å²) in [6.07, 6.45) is 24.7. The van der Waals surface area contributed by atoms with E-state index in [9.17, 15) is 0 Å². The van der Waals surface area contributed by atoms with Gasteiger partial charge in [-0.25, -0.2) is 0 Å². The summed E-state index contributed by atoms with van der Waals surface area (Å²) in [6, 6.07) is 25.7. The third kappa shape index (κ3) is 5.94. The van der Waals surface area contributed by atoms with Gasteiger partial charge in [0.25, 0.3) is 0 Å². The van der Waals surface area contributed by atoms with Crippen LogP contribution in [0, 0.1) is 0 Å². The smallest absolute Gasteiger partial charge is 0.0716 e. The fraction of sp³-hybridized carbons (Fsp3) is 0.143. The Hall–Kier alpha value is -5.28. The molecule has 0 saturated heterocycles. The van der Waals surface area contributed by atoms with Crippen molar-refractivity contribution in [2.45, 2.75) is 38.6 Å². The van der Waals surface area contributed by atoms with Crippen LogP contribution in [0.1, 0.15) is 48.9 Å². The van der Waals surface area contributed by atoms with E-state index in [4.69, 9.17) is 10.7 Å². The second kappa shape index (κ2) is 14.5. The van der Waals surface area contributed by atoms with Crippen LogP contribution in [0.25, 0.3) is 11.1 Å². The molecule has 3 nitrogen and oxygen atoms in total. The van der Waals surface area contributed by atoms with Gasteiger partial charge in [-0.05, 0) is 96.3 Å². The third-order valence-corrected chi connectivity index (χ3v) is 8.45. The van der Waals surface area contributed by atoms with E-state index in [0.29, 0.717) is 6.54 Å². The Balaban J connectivity index is 1.86. The van der Waals surface area contributed by atoms with Gasteiger partial charge in [0.15, 0.2) is 0 Å². The minimum Gasteiger partial charge on any atom is -0.405 e. The Labute approximate surface area is 268 Å². The highest BCUT2D eigenvalue weighted by Gasteiger charge is 2.48. The molecular formula is C42H41N3. The first-order valence-electron chi connectivity index (χ1n) is 15.5. The van der Waals surface area contributed by atoms with E-state index in [-0.39, 0.29) is 0 Å². The van der Waals surface area contributed by atoms with Crippen molar-refractivity contribution in [2.24, 2.45) is 15.7 Å². The minimum atomic E-state index is -0.518. The van der Waals surface area contributed by atoms with Gasteiger partial charge in [-0.2, -0.15) is 0 Å². The molecule has 0 saturated carbocycles. The summed E-state index contributed by atoms with van der Waals surface area (Å²) in [5.41, 5.74) is 17.5. The second-order valence-electron chi connectivity index (χ2n) is 11.0. The highest BCUT2D eigenvalue weighted by atomic mass is 14.8. The Bertz CT molecular complexity index is 1820. The van der Waals surface area contributed by atoms with Gasteiger partial charge < -0.3 is 5.73 Å². The van der Waals surface area contributed by atoms with Gasteiger partial charge in [0, 0.05) is 5.56 Å². The molecule has 3 heteroatoms. The molecule has 0 amide bonds. The summed E-state index contributed by atoms with van der Waals surface area (Å²) >= 11 is 0. The van der Waals surface area contributed by atoms with Crippen LogP contribution in [0.4, 0.5) is 0 Å². The average Bonchev–Trinajstić information content (AvgIpc) is 3.39. The lowest BCUT2D eigenvalue weighted by Crippen LogP contribution is -2.30. The first-order chi connectivity index (χ1) is 22.1. The van der Waals surface area contributed by atoms with Crippen LogP contribution >= 0.6 is 0 Å². The number of nitrogens with zero attached hydrogens (tertiary/aromatic N) is 2. The zero-order chi connectivity index (χ0) is 31.6. The molecule has 45 heavy (non-hydrogen) atoms. The predicted octanol–water partition coefficient (Wildman–Crippen LogP) is 9.91. The molecular weight excluding hydrogens is 546 g/mol. The lowest BCUT2D eigenvalue weighted by Gasteiger charge is -2.36. The summed E-state index contributed by atoms with van der Waals surface area (Å²) < 4.78 is 0. The molecule has 5 rings (SSSR count). The topological polar surface area (TPSA) is 50.7 Å². The van der Waals surface area contributed by atoms with E-state index in [0.717, 1.165) is 46.5 Å². The molecule has 0 heterocycles. The van der Waals surface area contributed by atoms with Gasteiger partial charge in [-0.3, -0.25) is 9.98 Å². The molecule has 2 aliphatic rings. The summed E-state index contributed by atoms with van der Waals surface area (Å²) in [6.45, 7) is 12.5. The van der Waals surface area contributed by atoms with Crippen molar-refractivity contribution in [3.05, 3.63) is 191 Å². The maximum absolute atomic E-state index is 6.10. The van der Waals surface area contributed by atoms with E-state index >= 15 is 0 Å². The van der Waals surface area contributed by atoms with Crippen molar-refractivity contribution in [1.82, 2.24) is 0 Å². The number of nitrogens with two attached hydrogens (primary N) is 1. The van der Waals surface area contributed by atoms with Crippen molar-refractivity contribution in [3.8, 4) is 11.1 Å². The molecule has 3 aromatic carbocycles. The Kier molecular flexibility index (Phi) is 10.0. The molecule has 0 bridgehead atoms. The highest BCUT2D eigenvalue weighted by molar-refractivity contribution is 6.15. The first-order valence-corrected chi connectivity index (χ1v) is 15.5. The van der Waals surface area contributed by atoms with Crippen molar-refractivity contribution in [2.75, 3.05) is 0 Å². The fourth-order valence-electron chi connectivity index (χ4n) is 6.61. The molecule has 3 aromatic rings. The summed E-state index contributed by atoms with van der Waals surface area (Å²) in [7, 11) is 0. The van der Waals surface area contributed by atoms with E-state index in [1.807, 2.05) is 43.4 Å². The standard InChI is InChI=1S/C42H41N3/c1-5-17-32(18-6-2)39(44-4)29-40(45-30-31-19-10-8-11-20-31)36-24-16-26-38-41(36)35-23-14-15-25-37(35)42(38,33(7-3)27-28-43)34-21-12-9-13-22-34/h5-8,10-12,14-29H,1,4,9,13,30,43H2,2-3H3/b18-6-,28-27-,32-17+,33-7+,39-29-,45-40?. The zero-order valence-electron chi connectivity index (χ0n) is 26.3. The number of rotatable bonds is 11. The van der Waals surface area contributed by atoms with Gasteiger partial charge in [-0.15, -0.1) is 0 Å². The van der Waals surface area contributed by atoms with Crippen LogP contribution in [0.3, 0.4) is 0 Å². The Morgan fingerprint density at radius 2 is 1.71 bits per heavy atom. The molecule has 0 aromatic heterocycles. The van der Waals surface area contributed by atoms with Gasteiger partial charge in [-0.1, -0.05) is 128 Å². The van der Waals surface area contributed by atoms with Crippen molar-refractivity contribution in [3.63, 3.8) is 0 Å². The van der Waals surface area contributed by atoms with Crippen LogP contribution in [-0.4, -0.2) is 12.4 Å². The van der Waals surface area contributed by atoms with Crippen LogP contribution in [0.5, 0.6) is 0 Å². The molecule has 224 valence electrons. The molecule has 0 spiro atoms.